The van der Waals surface area contributed by atoms with E-state index in [0.29, 0.717) is 29.5 Å². The number of pyridine rings is 1. The van der Waals surface area contributed by atoms with E-state index in [4.69, 9.17) is 4.74 Å². The molecule has 2 aliphatic rings. The topological polar surface area (TPSA) is 79.0 Å². The summed E-state index contributed by atoms with van der Waals surface area (Å²) in [6.07, 6.45) is -0.00480. The first-order valence-electron chi connectivity index (χ1n) is 11.4. The summed E-state index contributed by atoms with van der Waals surface area (Å²) >= 11 is 0. The monoisotopic (exact) mass is 470 g/mol. The van der Waals surface area contributed by atoms with Crippen molar-refractivity contribution in [1.82, 2.24) is 24.8 Å². The lowest BCUT2D eigenvalue weighted by Crippen LogP contribution is -2.51. The van der Waals surface area contributed by atoms with Gasteiger partial charge >= 0.3 is 6.18 Å². The second-order valence-corrected chi connectivity index (χ2v) is 9.00. The maximum Gasteiger partial charge on any atom is 0.419 e. The minimum atomic E-state index is -4.59. The molecule has 0 amide bonds. The third kappa shape index (κ3) is 4.45. The minimum absolute atomic E-state index is 0.0725. The lowest BCUT2D eigenvalue weighted by atomic mass is 10.1. The van der Waals surface area contributed by atoms with Crippen LogP contribution in [0.25, 0.3) is 22.3 Å². The maximum atomic E-state index is 13.9. The number of fused-ring (bicyclic) bond motifs is 3. The number of rotatable bonds is 6. The van der Waals surface area contributed by atoms with Gasteiger partial charge in [-0.2, -0.15) is 18.4 Å². The molecule has 2 fully saturated rings. The van der Waals surface area contributed by atoms with Crippen LogP contribution in [0.1, 0.15) is 30.5 Å². The van der Waals surface area contributed by atoms with Crippen LogP contribution in [0.5, 0.6) is 5.75 Å². The number of hydrogen-bond acceptors (Lipinski definition) is 6. The quantitative estimate of drug-likeness (QED) is 0.553. The van der Waals surface area contributed by atoms with Gasteiger partial charge in [0, 0.05) is 44.3 Å². The molecular formula is C24H25F3N6O. The first-order chi connectivity index (χ1) is 16.3. The molecule has 1 N–H and O–H groups in total. The normalized spacial score (nSPS) is 20.6. The number of piperazine rings is 1. The second kappa shape index (κ2) is 8.89. The summed E-state index contributed by atoms with van der Waals surface area (Å²) in [6.45, 7) is 2.98. The van der Waals surface area contributed by atoms with Gasteiger partial charge in [0.1, 0.15) is 17.3 Å². The zero-order valence-electron chi connectivity index (χ0n) is 18.8. The van der Waals surface area contributed by atoms with Crippen molar-refractivity contribution in [2.75, 3.05) is 26.2 Å². The number of aromatic nitrogens is 3. The highest BCUT2D eigenvalue weighted by molar-refractivity contribution is 5.84. The minimum Gasteiger partial charge on any atom is -0.493 e. The van der Waals surface area contributed by atoms with Gasteiger partial charge < -0.3 is 19.5 Å². The standard InChI is InChI=1S/C24H25F3N6O/c1-32-14-29-23-20(11-28)31-19(10-21(23)32)15-3-6-22(18(9-15)24(25,26)27)34-8-2-7-33-12-16-4-5-17(13-33)30-16/h3,6,9-10,14,16-17,30H,2,4-5,7-8,12-13H2,1H3/t16-,17+. The van der Waals surface area contributed by atoms with E-state index in [9.17, 15) is 18.4 Å². The van der Waals surface area contributed by atoms with E-state index in [2.05, 4.69) is 20.2 Å². The molecule has 4 heterocycles. The number of benzene rings is 1. The van der Waals surface area contributed by atoms with E-state index < -0.39 is 11.7 Å². The van der Waals surface area contributed by atoms with Gasteiger partial charge in [-0.3, -0.25) is 0 Å². The Bertz CT molecular complexity index is 1240. The van der Waals surface area contributed by atoms with Crippen molar-refractivity contribution in [2.24, 2.45) is 7.05 Å². The molecule has 7 nitrogen and oxygen atoms in total. The molecule has 0 aliphatic carbocycles. The maximum absolute atomic E-state index is 13.9. The van der Waals surface area contributed by atoms with Crippen LogP contribution < -0.4 is 10.1 Å². The van der Waals surface area contributed by atoms with E-state index >= 15 is 0 Å². The fraction of sp³-hybridized carbons (Fsp3) is 0.458. The van der Waals surface area contributed by atoms with E-state index in [0.717, 1.165) is 25.7 Å². The molecule has 2 saturated heterocycles. The zero-order valence-corrected chi connectivity index (χ0v) is 18.8. The van der Waals surface area contributed by atoms with E-state index in [1.807, 2.05) is 6.07 Å². The molecule has 2 aromatic heterocycles. The summed E-state index contributed by atoms with van der Waals surface area (Å²) < 4.78 is 48.9. The van der Waals surface area contributed by atoms with Crippen LogP contribution in [0.2, 0.25) is 0 Å². The fourth-order valence-corrected chi connectivity index (χ4v) is 4.93. The summed E-state index contributed by atoms with van der Waals surface area (Å²) in [5.74, 6) is -0.196. The molecule has 2 aliphatic heterocycles. The summed E-state index contributed by atoms with van der Waals surface area (Å²) in [7, 11) is 1.75. The molecule has 2 atom stereocenters. The number of imidazole rings is 1. The molecule has 178 valence electrons. The molecule has 5 rings (SSSR count). The van der Waals surface area contributed by atoms with Crippen LogP contribution in [-0.4, -0.2) is 57.8 Å². The van der Waals surface area contributed by atoms with Crippen LogP contribution in [0, 0.1) is 11.3 Å². The SMILES string of the molecule is Cn1cnc2c(C#N)nc(-c3ccc(OCCCN4C[C@H]5CC[C@@H](C4)N5)c(C(F)(F)F)c3)cc21. The third-order valence-electron chi connectivity index (χ3n) is 6.57. The first kappa shape index (κ1) is 22.6. The Hall–Kier alpha value is -3.16. The molecule has 1 aromatic carbocycles. The van der Waals surface area contributed by atoms with E-state index in [-0.39, 0.29) is 29.3 Å². The van der Waals surface area contributed by atoms with Crippen molar-refractivity contribution in [3.63, 3.8) is 0 Å². The number of alkyl halides is 3. The van der Waals surface area contributed by atoms with Crippen molar-refractivity contribution >= 4 is 11.0 Å². The summed E-state index contributed by atoms with van der Waals surface area (Å²) in [5.41, 5.74) is 0.798. The van der Waals surface area contributed by atoms with Crippen molar-refractivity contribution < 1.29 is 17.9 Å². The Morgan fingerprint density at radius 2 is 1.97 bits per heavy atom. The van der Waals surface area contributed by atoms with Gasteiger partial charge in [0.25, 0.3) is 0 Å². The predicted octanol–water partition coefficient (Wildman–Crippen LogP) is 3.73. The highest BCUT2D eigenvalue weighted by Gasteiger charge is 2.35. The Morgan fingerprint density at radius 3 is 2.68 bits per heavy atom. The molecule has 0 spiro atoms. The molecule has 3 aromatic rings. The number of hydrogen-bond donors (Lipinski definition) is 1. The highest BCUT2D eigenvalue weighted by Crippen LogP contribution is 2.39. The number of nitrogens with one attached hydrogen (secondary N) is 1. The molecule has 0 radical (unpaired) electrons. The fourth-order valence-electron chi connectivity index (χ4n) is 4.93. The number of ether oxygens (including phenoxy) is 1. The van der Waals surface area contributed by atoms with Gasteiger partial charge in [0.05, 0.1) is 29.7 Å². The van der Waals surface area contributed by atoms with Crippen LogP contribution in [-0.2, 0) is 13.2 Å². The Morgan fingerprint density at radius 1 is 1.21 bits per heavy atom. The summed E-state index contributed by atoms with van der Waals surface area (Å²) in [5, 5.41) is 13.0. The molecular weight excluding hydrogens is 445 g/mol. The molecule has 0 saturated carbocycles. The van der Waals surface area contributed by atoms with Gasteiger partial charge in [0.2, 0.25) is 0 Å². The number of nitrogens with zero attached hydrogens (tertiary/aromatic N) is 5. The second-order valence-electron chi connectivity index (χ2n) is 9.00. The largest absolute Gasteiger partial charge is 0.493 e. The average molecular weight is 470 g/mol. The van der Waals surface area contributed by atoms with Crippen LogP contribution >= 0.6 is 0 Å². The lowest BCUT2D eigenvalue weighted by Gasteiger charge is -2.32. The first-order valence-corrected chi connectivity index (χ1v) is 11.4. The van der Waals surface area contributed by atoms with Gasteiger partial charge in [-0.15, -0.1) is 0 Å². The number of halogens is 3. The summed E-state index contributed by atoms with van der Waals surface area (Å²) in [6, 6.07) is 8.60. The third-order valence-corrected chi connectivity index (χ3v) is 6.57. The van der Waals surface area contributed by atoms with Crippen molar-refractivity contribution in [2.45, 2.75) is 37.5 Å². The van der Waals surface area contributed by atoms with Crippen LogP contribution in [0.3, 0.4) is 0 Å². The smallest absolute Gasteiger partial charge is 0.419 e. The van der Waals surface area contributed by atoms with E-state index in [1.165, 1.54) is 18.9 Å². The Balaban J connectivity index is 1.33. The molecule has 10 heteroatoms. The van der Waals surface area contributed by atoms with Crippen molar-refractivity contribution in [3.05, 3.63) is 41.9 Å². The summed E-state index contributed by atoms with van der Waals surface area (Å²) in [4.78, 5) is 10.8. The molecule has 2 bridgehead atoms. The van der Waals surface area contributed by atoms with Crippen molar-refractivity contribution in [3.8, 4) is 23.1 Å². The predicted molar refractivity (Wildman–Crippen MR) is 120 cm³/mol. The Kier molecular flexibility index (Phi) is 5.91. The van der Waals surface area contributed by atoms with Gasteiger partial charge in [-0.25, -0.2) is 9.97 Å². The molecule has 0 unspecified atom stereocenters. The van der Waals surface area contributed by atoms with Gasteiger partial charge in [0.15, 0.2) is 5.69 Å². The number of likely N-dealkylation sites (tertiary alicyclic amines) is 1. The number of aryl methyl sites for hydroxylation is 1. The zero-order chi connectivity index (χ0) is 23.9. The van der Waals surface area contributed by atoms with Gasteiger partial charge in [-0.05, 0) is 43.5 Å². The molecule has 34 heavy (non-hydrogen) atoms. The number of nitriles is 1. The van der Waals surface area contributed by atoms with Gasteiger partial charge in [-0.1, -0.05) is 0 Å². The lowest BCUT2D eigenvalue weighted by molar-refractivity contribution is -0.138. The van der Waals surface area contributed by atoms with Crippen LogP contribution in [0.4, 0.5) is 13.2 Å². The van der Waals surface area contributed by atoms with Crippen molar-refractivity contribution in [1.29, 1.82) is 5.26 Å². The Labute approximate surface area is 195 Å². The average Bonchev–Trinajstić information content (AvgIpc) is 3.36. The van der Waals surface area contributed by atoms with Crippen LogP contribution in [0.15, 0.2) is 30.6 Å². The van der Waals surface area contributed by atoms with E-state index in [1.54, 1.807) is 30.1 Å². The highest BCUT2D eigenvalue weighted by atomic mass is 19.4.